The fourth-order valence-corrected chi connectivity index (χ4v) is 2.49. The van der Waals surface area contributed by atoms with E-state index in [1.807, 2.05) is 0 Å². The van der Waals surface area contributed by atoms with Gasteiger partial charge in [-0.05, 0) is 29.8 Å². The van der Waals surface area contributed by atoms with Gasteiger partial charge in [-0.2, -0.15) is 0 Å². The van der Waals surface area contributed by atoms with Gasteiger partial charge >= 0.3 is 0 Å². The molecular formula is C17H19ClFN3O3. The molecule has 2 aromatic rings. The highest BCUT2D eigenvalue weighted by molar-refractivity contribution is 5.94. The second-order valence-corrected chi connectivity index (χ2v) is 5.53. The van der Waals surface area contributed by atoms with Crippen LogP contribution in [0.5, 0.6) is 0 Å². The number of rotatable bonds is 4. The molecule has 1 aromatic heterocycles. The van der Waals surface area contributed by atoms with Crippen LogP contribution in [0.4, 0.5) is 10.1 Å². The average molecular weight is 368 g/mol. The number of hydrogen-bond donors (Lipinski definition) is 2. The lowest BCUT2D eigenvalue weighted by atomic mass is 10.2. The number of morpholine rings is 1. The topological polar surface area (TPSA) is 72.4 Å². The molecule has 2 N–H and O–H groups in total. The highest BCUT2D eigenvalue weighted by atomic mass is 35.5. The zero-order chi connectivity index (χ0) is 16.9. The Morgan fingerprint density at radius 3 is 2.76 bits per heavy atom. The van der Waals surface area contributed by atoms with Crippen LogP contribution in [-0.2, 0) is 16.1 Å². The maximum Gasteiger partial charge on any atom is 0.274 e. The summed E-state index contributed by atoms with van der Waals surface area (Å²) in [7, 11) is 0. The van der Waals surface area contributed by atoms with Gasteiger partial charge in [-0.3, -0.25) is 9.59 Å². The SMILES string of the molecule is Cl.O=C(Nc1cccn(Cc2ccc(F)cc2)c1=O)C1CNCCO1. The van der Waals surface area contributed by atoms with Gasteiger partial charge in [0.05, 0.1) is 13.2 Å². The van der Waals surface area contributed by atoms with Crippen molar-refractivity contribution < 1.29 is 13.9 Å². The van der Waals surface area contributed by atoms with E-state index in [0.29, 0.717) is 26.2 Å². The van der Waals surface area contributed by atoms with Crippen molar-refractivity contribution in [1.29, 1.82) is 0 Å². The van der Waals surface area contributed by atoms with Crippen LogP contribution < -0.4 is 16.2 Å². The van der Waals surface area contributed by atoms with Gasteiger partial charge in [-0.25, -0.2) is 4.39 Å². The number of nitrogens with one attached hydrogen (secondary N) is 2. The molecular weight excluding hydrogens is 349 g/mol. The quantitative estimate of drug-likeness (QED) is 0.856. The van der Waals surface area contributed by atoms with E-state index in [2.05, 4.69) is 10.6 Å². The zero-order valence-corrected chi connectivity index (χ0v) is 14.2. The van der Waals surface area contributed by atoms with E-state index < -0.39 is 6.10 Å². The summed E-state index contributed by atoms with van der Waals surface area (Å²) in [5.74, 6) is -0.674. The molecule has 8 heteroatoms. The van der Waals surface area contributed by atoms with E-state index in [1.165, 1.54) is 16.7 Å². The predicted molar refractivity (Wildman–Crippen MR) is 94.7 cm³/mol. The lowest BCUT2D eigenvalue weighted by Crippen LogP contribution is -2.46. The Balaban J connectivity index is 0.00000225. The van der Waals surface area contributed by atoms with Crippen molar-refractivity contribution in [2.24, 2.45) is 0 Å². The molecule has 6 nitrogen and oxygen atoms in total. The van der Waals surface area contributed by atoms with Crippen LogP contribution in [0.25, 0.3) is 0 Å². The van der Waals surface area contributed by atoms with Crippen LogP contribution in [-0.4, -0.2) is 36.3 Å². The number of hydrogen-bond acceptors (Lipinski definition) is 4. The monoisotopic (exact) mass is 367 g/mol. The maximum absolute atomic E-state index is 13.0. The molecule has 0 radical (unpaired) electrons. The summed E-state index contributed by atoms with van der Waals surface area (Å²) in [6.07, 6.45) is 1.02. The number of anilines is 1. The fraction of sp³-hybridized carbons (Fsp3) is 0.294. The van der Waals surface area contributed by atoms with Crippen LogP contribution in [0.15, 0.2) is 47.4 Å². The van der Waals surface area contributed by atoms with Crippen molar-refractivity contribution in [2.45, 2.75) is 12.6 Å². The molecule has 1 atom stereocenters. The molecule has 0 saturated carbocycles. The third-order valence-corrected chi connectivity index (χ3v) is 3.76. The largest absolute Gasteiger partial charge is 0.366 e. The highest BCUT2D eigenvalue weighted by Gasteiger charge is 2.22. The van der Waals surface area contributed by atoms with Gasteiger partial charge in [0.15, 0.2) is 0 Å². The van der Waals surface area contributed by atoms with E-state index in [4.69, 9.17) is 4.74 Å². The second kappa shape index (κ2) is 8.75. The lowest BCUT2D eigenvalue weighted by Gasteiger charge is -2.22. The van der Waals surface area contributed by atoms with E-state index >= 15 is 0 Å². The number of carbonyl (C=O) groups excluding carboxylic acids is 1. The molecule has 1 amide bonds. The zero-order valence-electron chi connectivity index (χ0n) is 13.4. The molecule has 0 spiro atoms. The summed E-state index contributed by atoms with van der Waals surface area (Å²) in [5, 5.41) is 5.68. The first-order valence-electron chi connectivity index (χ1n) is 7.70. The average Bonchev–Trinajstić information content (AvgIpc) is 2.61. The summed E-state index contributed by atoms with van der Waals surface area (Å²) >= 11 is 0. The molecule has 1 aliphatic rings. The van der Waals surface area contributed by atoms with Gasteiger partial charge in [0.2, 0.25) is 0 Å². The molecule has 1 fully saturated rings. The first-order valence-corrected chi connectivity index (χ1v) is 7.70. The minimum Gasteiger partial charge on any atom is -0.366 e. The van der Waals surface area contributed by atoms with Crippen molar-refractivity contribution in [3.63, 3.8) is 0 Å². The van der Waals surface area contributed by atoms with Crippen molar-refractivity contribution >= 4 is 24.0 Å². The molecule has 25 heavy (non-hydrogen) atoms. The Bertz CT molecular complexity index is 773. The van der Waals surface area contributed by atoms with E-state index in [-0.39, 0.29) is 35.4 Å². The van der Waals surface area contributed by atoms with Crippen LogP contribution in [0.3, 0.4) is 0 Å². The summed E-state index contributed by atoms with van der Waals surface area (Å²) < 4.78 is 19.8. The molecule has 0 aliphatic carbocycles. The number of nitrogens with zero attached hydrogens (tertiary/aromatic N) is 1. The molecule has 1 saturated heterocycles. The van der Waals surface area contributed by atoms with Gasteiger partial charge in [0.1, 0.15) is 17.6 Å². The Kier molecular flexibility index (Phi) is 6.69. The third-order valence-electron chi connectivity index (χ3n) is 3.76. The van der Waals surface area contributed by atoms with Crippen LogP contribution in [0.2, 0.25) is 0 Å². The Hall–Kier alpha value is -2.22. The van der Waals surface area contributed by atoms with E-state index in [9.17, 15) is 14.0 Å². The van der Waals surface area contributed by atoms with Gasteiger partial charge in [-0.15, -0.1) is 12.4 Å². The fourth-order valence-electron chi connectivity index (χ4n) is 2.49. The van der Waals surface area contributed by atoms with Crippen LogP contribution in [0.1, 0.15) is 5.56 Å². The second-order valence-electron chi connectivity index (χ2n) is 5.53. The van der Waals surface area contributed by atoms with Gasteiger partial charge < -0.3 is 19.9 Å². The smallest absolute Gasteiger partial charge is 0.274 e. The van der Waals surface area contributed by atoms with Gasteiger partial charge in [0, 0.05) is 19.3 Å². The Morgan fingerprint density at radius 2 is 2.08 bits per heavy atom. The van der Waals surface area contributed by atoms with Crippen molar-refractivity contribution in [3.05, 3.63) is 64.3 Å². The number of pyridine rings is 1. The lowest BCUT2D eigenvalue weighted by molar-refractivity contribution is -0.128. The minimum absolute atomic E-state index is 0. The number of ether oxygens (including phenoxy) is 1. The molecule has 1 unspecified atom stereocenters. The summed E-state index contributed by atoms with van der Waals surface area (Å²) in [6, 6.07) is 9.17. The minimum atomic E-state index is -0.607. The number of amides is 1. The molecule has 1 aromatic carbocycles. The molecule has 1 aliphatic heterocycles. The van der Waals surface area contributed by atoms with E-state index in [0.717, 1.165) is 5.56 Å². The van der Waals surface area contributed by atoms with E-state index in [1.54, 1.807) is 30.5 Å². The third kappa shape index (κ3) is 4.88. The summed E-state index contributed by atoms with van der Waals surface area (Å²) in [4.78, 5) is 24.6. The molecule has 134 valence electrons. The first-order chi connectivity index (χ1) is 11.6. The highest BCUT2D eigenvalue weighted by Crippen LogP contribution is 2.07. The normalized spacial score (nSPS) is 16.8. The van der Waals surface area contributed by atoms with Crippen molar-refractivity contribution in [1.82, 2.24) is 9.88 Å². The molecule has 0 bridgehead atoms. The number of benzene rings is 1. The van der Waals surface area contributed by atoms with Crippen molar-refractivity contribution in [2.75, 3.05) is 25.0 Å². The number of halogens is 2. The number of aromatic nitrogens is 1. The van der Waals surface area contributed by atoms with Crippen LogP contribution in [0, 0.1) is 5.82 Å². The summed E-state index contributed by atoms with van der Waals surface area (Å²) in [5.41, 5.74) is 0.666. The first kappa shape index (κ1) is 19.1. The maximum atomic E-state index is 13.0. The van der Waals surface area contributed by atoms with Gasteiger partial charge in [-0.1, -0.05) is 12.1 Å². The summed E-state index contributed by atoms with van der Waals surface area (Å²) in [6.45, 7) is 1.88. The van der Waals surface area contributed by atoms with Crippen LogP contribution >= 0.6 is 12.4 Å². The molecule has 3 rings (SSSR count). The predicted octanol–water partition coefficient (Wildman–Crippen LogP) is 1.38. The number of carbonyl (C=O) groups is 1. The van der Waals surface area contributed by atoms with Gasteiger partial charge in [0.25, 0.3) is 11.5 Å². The van der Waals surface area contributed by atoms with Crippen molar-refractivity contribution in [3.8, 4) is 0 Å². The standard InChI is InChI=1S/C17H18FN3O3.ClH/c18-13-5-3-12(4-6-13)11-21-8-1-2-14(17(21)23)20-16(22)15-10-19-7-9-24-15;/h1-6,8,15,19H,7,9-11H2,(H,20,22);1H. The Labute approximate surface area is 150 Å². The Morgan fingerprint density at radius 1 is 1.32 bits per heavy atom. The molecule has 2 heterocycles.